The summed E-state index contributed by atoms with van der Waals surface area (Å²) in [5.41, 5.74) is 13.7. The number of benzene rings is 6. The van der Waals surface area contributed by atoms with Gasteiger partial charge in [0.05, 0.1) is 11.0 Å². The fourth-order valence-corrected chi connectivity index (χ4v) is 8.39. The van der Waals surface area contributed by atoms with Gasteiger partial charge in [0.15, 0.2) is 0 Å². The monoisotopic (exact) mass is 890 g/mol. The van der Waals surface area contributed by atoms with Gasteiger partial charge in [0.25, 0.3) is 0 Å². The van der Waals surface area contributed by atoms with Crippen molar-refractivity contribution in [1.29, 1.82) is 0 Å². The number of aryl methyl sites for hydroxylation is 3. The summed E-state index contributed by atoms with van der Waals surface area (Å²) in [7, 11) is 0. The number of thiophene rings is 1. The minimum Gasteiger partial charge on any atom is -0.309 e. The molecule has 263 valence electrons. The predicted molar refractivity (Wildman–Crippen MR) is 224 cm³/mol. The van der Waals surface area contributed by atoms with Crippen molar-refractivity contribution in [1.82, 2.24) is 14.5 Å². The number of pyridine rings is 2. The minimum absolute atomic E-state index is 0. The Kier molecular flexibility index (Phi) is 9.79. The molecule has 0 atom stereocenters. The maximum atomic E-state index is 4.73. The molecule has 0 aliphatic heterocycles. The molecule has 4 aromatic heterocycles. The van der Waals surface area contributed by atoms with Crippen LogP contribution in [0.25, 0.3) is 81.3 Å². The molecule has 0 fully saturated rings. The molecule has 0 aliphatic rings. The first kappa shape index (κ1) is 35.3. The van der Waals surface area contributed by atoms with Crippen LogP contribution in [0.1, 0.15) is 16.7 Å². The van der Waals surface area contributed by atoms with E-state index in [2.05, 4.69) is 164 Å². The van der Waals surface area contributed by atoms with Gasteiger partial charge in [0.1, 0.15) is 0 Å². The first-order chi connectivity index (χ1) is 26.0. The average molecular weight is 890 g/mol. The molecule has 1 radical (unpaired) electrons. The Morgan fingerprint density at radius 3 is 2.11 bits per heavy atom. The van der Waals surface area contributed by atoms with E-state index < -0.39 is 0 Å². The third-order valence-corrected chi connectivity index (χ3v) is 11.2. The van der Waals surface area contributed by atoms with E-state index in [1.165, 1.54) is 64.2 Å². The van der Waals surface area contributed by atoms with E-state index in [4.69, 9.17) is 4.98 Å². The van der Waals surface area contributed by atoms with Crippen LogP contribution in [-0.4, -0.2) is 14.5 Å². The van der Waals surface area contributed by atoms with Crippen LogP contribution in [0.15, 0.2) is 158 Å². The molecule has 5 heteroatoms. The quantitative estimate of drug-likeness (QED) is 0.165. The smallest absolute Gasteiger partial charge is 0.0633 e. The van der Waals surface area contributed by atoms with Crippen LogP contribution in [0.5, 0.6) is 0 Å². The van der Waals surface area contributed by atoms with Crippen molar-refractivity contribution in [2.75, 3.05) is 0 Å². The van der Waals surface area contributed by atoms with Crippen molar-refractivity contribution in [3.05, 3.63) is 187 Å². The summed E-state index contributed by atoms with van der Waals surface area (Å²) in [5, 5.41) is 5.13. The third-order valence-electron chi connectivity index (χ3n) is 9.96. The molecule has 10 rings (SSSR count). The van der Waals surface area contributed by atoms with Crippen molar-refractivity contribution in [2.24, 2.45) is 0 Å². The second kappa shape index (κ2) is 15.0. The number of rotatable bonds is 4. The Hall–Kier alpha value is -5.71. The molecule has 3 nitrogen and oxygen atoms in total. The summed E-state index contributed by atoms with van der Waals surface area (Å²) in [6, 6.07) is 57.9. The van der Waals surface area contributed by atoms with Crippen LogP contribution >= 0.6 is 11.3 Å². The van der Waals surface area contributed by atoms with Crippen molar-refractivity contribution in [2.45, 2.75) is 20.8 Å². The van der Waals surface area contributed by atoms with Crippen LogP contribution in [-0.2, 0) is 20.1 Å². The maximum Gasteiger partial charge on any atom is 0.0633 e. The van der Waals surface area contributed by atoms with E-state index in [0.29, 0.717) is 0 Å². The van der Waals surface area contributed by atoms with Gasteiger partial charge < -0.3 is 14.5 Å². The van der Waals surface area contributed by atoms with Gasteiger partial charge in [-0.1, -0.05) is 79.2 Å². The molecule has 0 saturated heterocycles. The number of hydrogen-bond donors (Lipinski definition) is 0. The molecular formula is C49H35IrN3S-2. The van der Waals surface area contributed by atoms with Crippen molar-refractivity contribution >= 4 is 53.3 Å². The van der Waals surface area contributed by atoms with Crippen LogP contribution in [0.4, 0.5) is 0 Å². The zero-order valence-electron chi connectivity index (χ0n) is 30.1. The Labute approximate surface area is 333 Å². The second-order valence-electron chi connectivity index (χ2n) is 13.5. The Balaban J connectivity index is 0.000000218. The molecule has 54 heavy (non-hydrogen) atoms. The zero-order chi connectivity index (χ0) is 35.9. The standard InChI is InChI=1S/C35H21N2S.C14H14N.Ir/c1-3-11-23(12-4-1)30-21-24(19-20-36-30)33-34-28(22-29-27-16-8-10-18-32(27)38-35(29)33)26-15-7-9-17-31(26)37(34)25-13-5-2-6-14-25;1-10-4-6-13(7-5-10)14-8-11(2)12(3)9-15-14;/h1-11,13-22H;4-6,8-9H,1-3H3;/q2*-1;. The predicted octanol–water partition coefficient (Wildman–Crippen LogP) is 13.2. The topological polar surface area (TPSA) is 30.7 Å². The van der Waals surface area contributed by atoms with Gasteiger partial charge in [-0.25, -0.2) is 0 Å². The Bertz CT molecular complexity index is 2910. The third kappa shape index (κ3) is 6.45. The SMILES string of the molecule is Cc1c[c-]c(-c2cc(C)c(C)cn2)cc1.[Ir].[c-]1ccccc1-c1cc(-c2c3sc4ccccc4c3cc3c4ccccc4n(-c4ccccc4)c23)ccn1. The van der Waals surface area contributed by atoms with Crippen molar-refractivity contribution in [3.63, 3.8) is 0 Å². The number of nitrogens with zero attached hydrogens (tertiary/aromatic N) is 3. The van der Waals surface area contributed by atoms with Crippen LogP contribution in [0.3, 0.4) is 0 Å². The first-order valence-corrected chi connectivity index (χ1v) is 18.6. The van der Waals surface area contributed by atoms with Crippen molar-refractivity contribution in [3.8, 4) is 39.3 Å². The molecule has 0 aliphatic carbocycles. The summed E-state index contributed by atoms with van der Waals surface area (Å²) >= 11 is 1.87. The Morgan fingerprint density at radius 1 is 0.593 bits per heavy atom. The van der Waals surface area contributed by atoms with Crippen LogP contribution < -0.4 is 0 Å². The van der Waals surface area contributed by atoms with Crippen molar-refractivity contribution < 1.29 is 20.1 Å². The second-order valence-corrected chi connectivity index (χ2v) is 14.5. The van der Waals surface area contributed by atoms with E-state index in [1.807, 2.05) is 48.0 Å². The van der Waals surface area contributed by atoms with Crippen LogP contribution in [0, 0.1) is 32.9 Å². The summed E-state index contributed by atoms with van der Waals surface area (Å²) in [6.45, 7) is 6.24. The molecule has 0 amide bonds. The maximum absolute atomic E-state index is 4.73. The van der Waals surface area contributed by atoms with Gasteiger partial charge in [0, 0.05) is 74.7 Å². The minimum atomic E-state index is 0. The fourth-order valence-electron chi connectivity index (χ4n) is 7.14. The number of hydrogen-bond acceptors (Lipinski definition) is 3. The van der Waals surface area contributed by atoms with Gasteiger partial charge in [-0.15, -0.1) is 82.6 Å². The van der Waals surface area contributed by atoms with E-state index in [-0.39, 0.29) is 20.1 Å². The van der Waals surface area contributed by atoms with E-state index in [1.54, 1.807) is 0 Å². The molecule has 0 spiro atoms. The molecule has 6 aromatic carbocycles. The zero-order valence-corrected chi connectivity index (χ0v) is 33.3. The van der Waals surface area contributed by atoms with Gasteiger partial charge in [-0.3, -0.25) is 0 Å². The largest absolute Gasteiger partial charge is 0.309 e. The fraction of sp³-hybridized carbons (Fsp3) is 0.0612. The Morgan fingerprint density at radius 2 is 1.33 bits per heavy atom. The van der Waals surface area contributed by atoms with Gasteiger partial charge in [-0.05, 0) is 72.8 Å². The normalized spacial score (nSPS) is 11.1. The van der Waals surface area contributed by atoms with Gasteiger partial charge in [0.2, 0.25) is 0 Å². The molecule has 4 heterocycles. The number of para-hydroxylation sites is 2. The van der Waals surface area contributed by atoms with E-state index in [9.17, 15) is 0 Å². The van der Waals surface area contributed by atoms with Gasteiger partial charge in [-0.2, -0.15) is 0 Å². The molecule has 0 N–H and O–H groups in total. The first-order valence-electron chi connectivity index (χ1n) is 17.8. The average Bonchev–Trinajstić information content (AvgIpc) is 3.75. The summed E-state index contributed by atoms with van der Waals surface area (Å²) in [6.07, 6.45) is 3.84. The molecule has 0 unspecified atom stereocenters. The molecule has 0 bridgehead atoms. The van der Waals surface area contributed by atoms with Gasteiger partial charge >= 0.3 is 0 Å². The molecule has 10 aromatic rings. The number of fused-ring (bicyclic) bond motifs is 6. The molecular weight excluding hydrogens is 855 g/mol. The molecule has 0 saturated carbocycles. The van der Waals surface area contributed by atoms with E-state index >= 15 is 0 Å². The summed E-state index contributed by atoms with van der Waals surface area (Å²) < 4.78 is 5.03. The van der Waals surface area contributed by atoms with Crippen LogP contribution in [0.2, 0.25) is 0 Å². The van der Waals surface area contributed by atoms with E-state index in [0.717, 1.165) is 33.8 Å². The summed E-state index contributed by atoms with van der Waals surface area (Å²) in [5.74, 6) is 0. The number of aromatic nitrogens is 3. The summed E-state index contributed by atoms with van der Waals surface area (Å²) in [4.78, 5) is 9.13.